The van der Waals surface area contributed by atoms with Crippen LogP contribution in [0.1, 0.15) is 23.8 Å². The van der Waals surface area contributed by atoms with Crippen molar-refractivity contribution in [2.45, 2.75) is 18.2 Å². The van der Waals surface area contributed by atoms with Crippen LogP contribution in [-0.2, 0) is 14.8 Å². The van der Waals surface area contributed by atoms with Crippen molar-refractivity contribution >= 4 is 49.9 Å². The van der Waals surface area contributed by atoms with Gasteiger partial charge >= 0.3 is 5.97 Å². The van der Waals surface area contributed by atoms with E-state index in [9.17, 15) is 22.4 Å². The van der Waals surface area contributed by atoms with E-state index in [2.05, 4.69) is 10.1 Å². The molecule has 0 aliphatic carbocycles. The Hall–Kier alpha value is -3.26. The molecule has 6 N–H and O–H groups in total. The van der Waals surface area contributed by atoms with Crippen LogP contribution in [0.5, 0.6) is 0 Å². The van der Waals surface area contributed by atoms with E-state index < -0.39 is 44.3 Å². The predicted molar refractivity (Wildman–Crippen MR) is 99.9 cm³/mol. The number of rotatable bonds is 7. The molecule has 0 fully saturated rings. The molecule has 0 radical (unpaired) electrons. The Morgan fingerprint density at radius 1 is 1.39 bits per heavy atom. The van der Waals surface area contributed by atoms with Crippen molar-refractivity contribution in [3.05, 3.63) is 35.2 Å². The van der Waals surface area contributed by atoms with Crippen LogP contribution in [0.15, 0.2) is 33.7 Å². The Balaban J connectivity index is 2.42. The van der Waals surface area contributed by atoms with Crippen molar-refractivity contribution in [1.82, 2.24) is 4.98 Å². The van der Waals surface area contributed by atoms with Crippen LogP contribution in [0.4, 0.5) is 15.1 Å². The predicted octanol–water partition coefficient (Wildman–Crippen LogP) is 0.713. The largest absolute Gasteiger partial charge is 0.476 e. The number of anilines is 2. The number of hydrazone groups is 1. The second kappa shape index (κ2) is 8.18. The molecule has 14 heteroatoms. The summed E-state index contributed by atoms with van der Waals surface area (Å²) in [5.41, 5.74) is 10.8. The van der Waals surface area contributed by atoms with Gasteiger partial charge < -0.3 is 16.6 Å². The van der Waals surface area contributed by atoms with Crippen LogP contribution < -0.4 is 21.2 Å². The van der Waals surface area contributed by atoms with Gasteiger partial charge in [-0.25, -0.2) is 22.6 Å². The summed E-state index contributed by atoms with van der Waals surface area (Å²) in [6, 6.07) is 2.67. The lowest BCUT2D eigenvalue weighted by Crippen LogP contribution is -2.33. The molecule has 0 bridgehead atoms. The third-order valence-electron chi connectivity index (χ3n) is 3.21. The molecule has 2 rings (SSSR count). The number of aromatic carboxylic acids is 1. The topological polar surface area (TPSA) is 181 Å². The molecule has 0 unspecified atom stereocenters. The molecular formula is C14H15FN6O5S2. The number of carbonyl (C=O) groups excluding carboxylic acids is 1. The number of carboxylic acid groups (broad SMARTS) is 1. The summed E-state index contributed by atoms with van der Waals surface area (Å²) < 4.78 is 41.4. The summed E-state index contributed by atoms with van der Waals surface area (Å²) >= 11 is 0.751. The Bertz CT molecular complexity index is 1050. The highest BCUT2D eigenvalue weighted by molar-refractivity contribution is 7.93. The molecule has 1 aromatic heterocycles. The molecule has 1 heterocycles. The highest BCUT2D eigenvalue weighted by Gasteiger charge is 2.24. The van der Waals surface area contributed by atoms with Crippen molar-refractivity contribution in [2.24, 2.45) is 16.6 Å². The van der Waals surface area contributed by atoms with Crippen LogP contribution in [0.25, 0.3) is 0 Å². The van der Waals surface area contributed by atoms with Crippen molar-refractivity contribution < 1.29 is 27.5 Å². The van der Waals surface area contributed by atoms with E-state index in [1.165, 1.54) is 6.92 Å². The first kappa shape index (κ1) is 21.0. The SMILES string of the molecule is CCC(=O)N(N=C(N)N)c1ccc(S(=O)(=O)Nc2scnc2C(=O)O)cc1F. The Morgan fingerprint density at radius 2 is 2.07 bits per heavy atom. The van der Waals surface area contributed by atoms with Crippen LogP contribution in [0, 0.1) is 5.82 Å². The van der Waals surface area contributed by atoms with Crippen LogP contribution in [-0.4, -0.2) is 36.3 Å². The number of nitrogens with two attached hydrogens (primary N) is 2. The quantitative estimate of drug-likeness (QED) is 0.281. The van der Waals surface area contributed by atoms with Gasteiger partial charge in [-0.05, 0) is 18.2 Å². The molecule has 0 spiro atoms. The number of halogens is 1. The number of thiazole rings is 1. The second-order valence-corrected chi connectivity index (χ2v) is 7.68. The fourth-order valence-corrected chi connectivity index (χ4v) is 3.99. The standard InChI is InChI=1S/C14H15FN6O5S2/c1-2-10(22)21(19-14(16)17)9-4-3-7(5-8(9)15)28(25,26)20-12-11(13(23)24)18-6-27-12/h3-6,20H,2H2,1H3,(H,23,24)(H4,16,17,19). The van der Waals surface area contributed by atoms with Gasteiger partial charge in [-0.1, -0.05) is 6.92 Å². The van der Waals surface area contributed by atoms with Gasteiger partial charge in [0.25, 0.3) is 10.0 Å². The van der Waals surface area contributed by atoms with E-state index in [4.69, 9.17) is 16.6 Å². The number of nitrogens with zero attached hydrogens (tertiary/aromatic N) is 3. The summed E-state index contributed by atoms with van der Waals surface area (Å²) in [6.07, 6.45) is -0.0405. The smallest absolute Gasteiger partial charge is 0.357 e. The number of carbonyl (C=O) groups is 2. The first-order chi connectivity index (χ1) is 13.1. The third kappa shape index (κ3) is 4.52. The molecule has 1 aromatic carbocycles. The molecule has 11 nitrogen and oxygen atoms in total. The Morgan fingerprint density at radius 3 is 2.61 bits per heavy atom. The average Bonchev–Trinajstić information content (AvgIpc) is 3.06. The molecule has 1 amide bonds. The lowest BCUT2D eigenvalue weighted by Gasteiger charge is -2.18. The second-order valence-electron chi connectivity index (χ2n) is 5.14. The molecule has 150 valence electrons. The number of guanidine groups is 1. The first-order valence-corrected chi connectivity index (χ1v) is 9.84. The normalized spacial score (nSPS) is 10.9. The number of hydrogen-bond donors (Lipinski definition) is 4. The summed E-state index contributed by atoms with van der Waals surface area (Å²) in [7, 11) is -4.32. The Labute approximate surface area is 162 Å². The van der Waals surface area contributed by atoms with E-state index in [0.717, 1.165) is 29.0 Å². The minimum absolute atomic E-state index is 0.0405. The number of nitrogens with one attached hydrogen (secondary N) is 1. The zero-order chi connectivity index (χ0) is 21.1. The van der Waals surface area contributed by atoms with Gasteiger partial charge in [0.15, 0.2) is 5.69 Å². The lowest BCUT2D eigenvalue weighted by molar-refractivity contribution is -0.118. The van der Waals surface area contributed by atoms with Gasteiger partial charge in [0.05, 0.1) is 10.4 Å². The molecule has 0 saturated carbocycles. The number of benzene rings is 1. The van der Waals surface area contributed by atoms with E-state index >= 15 is 0 Å². The van der Waals surface area contributed by atoms with Crippen LogP contribution in [0.2, 0.25) is 0 Å². The van der Waals surface area contributed by atoms with Crippen molar-refractivity contribution in [2.75, 3.05) is 9.73 Å². The van der Waals surface area contributed by atoms with Gasteiger partial charge in [0.2, 0.25) is 11.9 Å². The number of hydrogen-bond acceptors (Lipinski definition) is 7. The molecule has 0 saturated heterocycles. The number of sulfonamides is 1. The summed E-state index contributed by atoms with van der Waals surface area (Å²) in [5, 5.41) is 12.9. The molecule has 0 aliphatic heterocycles. The van der Waals surface area contributed by atoms with Gasteiger partial charge in [-0.3, -0.25) is 9.52 Å². The zero-order valence-corrected chi connectivity index (χ0v) is 15.9. The minimum atomic E-state index is -4.32. The van der Waals surface area contributed by atoms with E-state index in [0.29, 0.717) is 11.1 Å². The molecule has 0 aliphatic rings. The van der Waals surface area contributed by atoms with E-state index in [1.54, 1.807) is 0 Å². The zero-order valence-electron chi connectivity index (χ0n) is 14.3. The highest BCUT2D eigenvalue weighted by atomic mass is 32.2. The average molecular weight is 430 g/mol. The van der Waals surface area contributed by atoms with Crippen molar-refractivity contribution in [3.8, 4) is 0 Å². The lowest BCUT2D eigenvalue weighted by atomic mass is 10.3. The molecule has 2 aromatic rings. The van der Waals surface area contributed by atoms with Gasteiger partial charge in [0.1, 0.15) is 16.5 Å². The molecule has 0 atom stereocenters. The van der Waals surface area contributed by atoms with E-state index in [1.807, 2.05) is 4.72 Å². The fraction of sp³-hybridized carbons (Fsp3) is 0.143. The maximum atomic E-state index is 14.5. The monoisotopic (exact) mass is 430 g/mol. The van der Waals surface area contributed by atoms with Crippen molar-refractivity contribution in [3.63, 3.8) is 0 Å². The summed E-state index contributed by atoms with van der Waals surface area (Å²) in [6.45, 7) is 1.51. The van der Waals surface area contributed by atoms with Crippen LogP contribution in [0.3, 0.4) is 0 Å². The summed E-state index contributed by atoms with van der Waals surface area (Å²) in [4.78, 5) is 26.0. The van der Waals surface area contributed by atoms with Gasteiger partial charge in [-0.15, -0.1) is 16.4 Å². The summed E-state index contributed by atoms with van der Waals surface area (Å²) in [5.74, 6) is -3.63. The van der Waals surface area contributed by atoms with E-state index in [-0.39, 0.29) is 17.1 Å². The van der Waals surface area contributed by atoms with Gasteiger partial charge in [-0.2, -0.15) is 5.01 Å². The maximum absolute atomic E-state index is 14.5. The third-order valence-corrected chi connectivity index (χ3v) is 5.43. The maximum Gasteiger partial charge on any atom is 0.357 e. The fourth-order valence-electron chi connectivity index (χ4n) is 1.99. The number of carboxylic acids is 1. The highest BCUT2D eigenvalue weighted by Crippen LogP contribution is 2.27. The number of aromatic nitrogens is 1. The minimum Gasteiger partial charge on any atom is -0.476 e. The first-order valence-electron chi connectivity index (χ1n) is 7.48. The Kier molecular flexibility index (Phi) is 6.15. The molecule has 28 heavy (non-hydrogen) atoms. The van der Waals surface area contributed by atoms with Gasteiger partial charge in [0, 0.05) is 6.42 Å². The molecular weight excluding hydrogens is 415 g/mol. The van der Waals surface area contributed by atoms with Crippen LogP contribution >= 0.6 is 11.3 Å². The number of amides is 1. The van der Waals surface area contributed by atoms with Crippen molar-refractivity contribution in [1.29, 1.82) is 0 Å².